The third kappa shape index (κ3) is 8.94. The Hall–Kier alpha value is -3.26. The summed E-state index contributed by atoms with van der Waals surface area (Å²) in [5.41, 5.74) is 5.16. The second-order valence-corrected chi connectivity index (χ2v) is 9.64. The van der Waals surface area contributed by atoms with Crippen molar-refractivity contribution in [3.8, 4) is 16.9 Å². The maximum atomic E-state index is 9.05. The van der Waals surface area contributed by atoms with Crippen LogP contribution < -0.4 is 4.74 Å². The molecule has 0 aliphatic heterocycles. The van der Waals surface area contributed by atoms with Crippen molar-refractivity contribution >= 4 is 46.6 Å². The number of aldehydes is 1. The van der Waals surface area contributed by atoms with E-state index in [2.05, 4.69) is 54.1 Å². The molecule has 2 heterocycles. The lowest BCUT2D eigenvalue weighted by molar-refractivity contribution is -0.106. The minimum Gasteiger partial charge on any atom is -0.490 e. The van der Waals surface area contributed by atoms with Crippen molar-refractivity contribution in [2.75, 3.05) is 33.4 Å². The molecular weight excluding hydrogens is 502 g/mol. The fourth-order valence-corrected chi connectivity index (χ4v) is 3.93. The van der Waals surface area contributed by atoms with E-state index in [4.69, 9.17) is 31.0 Å². The number of aryl methyl sites for hydroxylation is 1. The highest BCUT2D eigenvalue weighted by atomic mass is 35.5. The Morgan fingerprint density at radius 1 is 1.21 bits per heavy atom. The van der Waals surface area contributed by atoms with Gasteiger partial charge >= 0.3 is 0 Å². The fourth-order valence-electron chi connectivity index (χ4n) is 3.77. The van der Waals surface area contributed by atoms with Crippen LogP contribution in [0.3, 0.4) is 0 Å². The SMILES string of the molecule is C=O.CC1CC1.CC=O.Cc1cccc(-c2ccc(OCCN(C)CCO)c3[nH]c4ncc(Cl)cc4c23)c1. The molecule has 0 amide bonds. The number of aromatic amines is 1. The molecule has 7 nitrogen and oxygen atoms in total. The summed E-state index contributed by atoms with van der Waals surface area (Å²) in [7, 11) is 1.96. The number of aliphatic hydroxyl groups excluding tert-OH is 1. The van der Waals surface area contributed by atoms with Crippen molar-refractivity contribution in [2.24, 2.45) is 5.92 Å². The van der Waals surface area contributed by atoms with Crippen LogP contribution in [0, 0.1) is 12.8 Å². The zero-order valence-electron chi connectivity index (χ0n) is 22.7. The molecule has 0 saturated heterocycles. The molecule has 0 spiro atoms. The van der Waals surface area contributed by atoms with Crippen molar-refractivity contribution in [1.29, 1.82) is 0 Å². The summed E-state index contributed by atoms with van der Waals surface area (Å²) in [4.78, 5) is 26.7. The highest BCUT2D eigenvalue weighted by molar-refractivity contribution is 6.31. The van der Waals surface area contributed by atoms with E-state index in [9.17, 15) is 0 Å². The number of benzene rings is 2. The highest BCUT2D eigenvalue weighted by Crippen LogP contribution is 2.39. The van der Waals surface area contributed by atoms with Gasteiger partial charge in [0.2, 0.25) is 0 Å². The lowest BCUT2D eigenvalue weighted by Gasteiger charge is -2.16. The Kier molecular flexibility index (Phi) is 12.9. The number of ether oxygens (including phenoxy) is 1. The van der Waals surface area contributed by atoms with Gasteiger partial charge in [-0.15, -0.1) is 0 Å². The minimum atomic E-state index is 0.139. The molecule has 1 aliphatic carbocycles. The molecule has 0 atom stereocenters. The Bertz CT molecular complexity index is 1300. The standard InChI is InChI=1S/C23H24ClN3O2.C4H8.C2H4O.CH2O/c1-15-4-3-5-16(12-15)18-6-7-20(29-11-9-27(2)8-10-28)22-21(18)19-13-17(24)14-25-23(19)26-22;1-4-2-3-4;1-2-3;1-2/h3-7,12-14,28H,8-11H2,1-2H3,(H,25,26);4H,2-3H2,1H3;2H,1H3;1H2. The minimum absolute atomic E-state index is 0.139. The van der Waals surface area contributed by atoms with E-state index < -0.39 is 0 Å². The monoisotopic (exact) mass is 539 g/mol. The smallest absolute Gasteiger partial charge is 0.143 e. The number of H-pyrrole nitrogens is 1. The number of rotatable bonds is 7. The molecule has 2 N–H and O–H groups in total. The van der Waals surface area contributed by atoms with Crippen LogP contribution in [0.4, 0.5) is 0 Å². The lowest BCUT2D eigenvalue weighted by Crippen LogP contribution is -2.27. The predicted octanol–water partition coefficient (Wildman–Crippen LogP) is 6.08. The van der Waals surface area contributed by atoms with E-state index in [1.165, 1.54) is 25.3 Å². The number of carbonyl (C=O) groups is 2. The quantitative estimate of drug-likeness (QED) is 0.276. The number of likely N-dealkylation sites (N-methyl/N-ethyl adjacent to an activating group) is 1. The number of fused-ring (bicyclic) bond motifs is 3. The van der Waals surface area contributed by atoms with Crippen molar-refractivity contribution in [3.63, 3.8) is 0 Å². The van der Waals surface area contributed by atoms with E-state index in [-0.39, 0.29) is 6.61 Å². The van der Waals surface area contributed by atoms with Gasteiger partial charge in [-0.05, 0) is 56.1 Å². The summed E-state index contributed by atoms with van der Waals surface area (Å²) in [5.74, 6) is 1.86. The summed E-state index contributed by atoms with van der Waals surface area (Å²) in [6, 6.07) is 14.5. The maximum Gasteiger partial charge on any atom is 0.143 e. The highest BCUT2D eigenvalue weighted by Gasteiger charge is 2.16. The van der Waals surface area contributed by atoms with Gasteiger partial charge in [0.1, 0.15) is 31.1 Å². The van der Waals surface area contributed by atoms with E-state index >= 15 is 0 Å². The van der Waals surface area contributed by atoms with Crippen LogP contribution in [0.15, 0.2) is 48.7 Å². The third-order valence-corrected chi connectivity index (χ3v) is 6.15. The Balaban J connectivity index is 0.000000489. The normalized spacial score (nSPS) is 12.1. The number of hydrogen-bond donors (Lipinski definition) is 2. The Labute approximate surface area is 229 Å². The molecule has 1 fully saturated rings. The molecule has 0 unspecified atom stereocenters. The van der Waals surface area contributed by atoms with Gasteiger partial charge in [0.25, 0.3) is 0 Å². The van der Waals surface area contributed by atoms with E-state index in [1.54, 1.807) is 6.20 Å². The topological polar surface area (TPSA) is 95.5 Å². The van der Waals surface area contributed by atoms with Crippen LogP contribution in [-0.2, 0) is 9.59 Å². The molecule has 38 heavy (non-hydrogen) atoms. The fraction of sp³-hybridized carbons (Fsp3) is 0.367. The summed E-state index contributed by atoms with van der Waals surface area (Å²) in [6.07, 6.45) is 5.37. The first-order valence-electron chi connectivity index (χ1n) is 12.7. The number of halogens is 1. The zero-order valence-corrected chi connectivity index (χ0v) is 23.4. The van der Waals surface area contributed by atoms with Gasteiger partial charge in [0.05, 0.1) is 17.1 Å². The second kappa shape index (κ2) is 15.9. The van der Waals surface area contributed by atoms with Gasteiger partial charge in [-0.2, -0.15) is 0 Å². The van der Waals surface area contributed by atoms with Gasteiger partial charge in [-0.25, -0.2) is 4.98 Å². The number of aliphatic hydroxyl groups is 1. The van der Waals surface area contributed by atoms with Gasteiger partial charge in [-0.1, -0.05) is 61.2 Å². The van der Waals surface area contributed by atoms with Crippen molar-refractivity contribution in [2.45, 2.75) is 33.6 Å². The predicted molar refractivity (Wildman–Crippen MR) is 156 cm³/mol. The summed E-state index contributed by atoms with van der Waals surface area (Å²) < 4.78 is 6.10. The van der Waals surface area contributed by atoms with Crippen LogP contribution in [0.2, 0.25) is 5.02 Å². The van der Waals surface area contributed by atoms with Gasteiger partial charge in [0, 0.05) is 30.1 Å². The molecule has 5 rings (SSSR count). The average molecular weight is 540 g/mol. The molecule has 2 aromatic carbocycles. The molecule has 2 aromatic heterocycles. The molecule has 4 aromatic rings. The summed E-state index contributed by atoms with van der Waals surface area (Å²) in [6.45, 7) is 9.83. The van der Waals surface area contributed by atoms with Crippen molar-refractivity contribution in [1.82, 2.24) is 14.9 Å². The van der Waals surface area contributed by atoms with E-state index in [0.29, 0.717) is 18.2 Å². The lowest BCUT2D eigenvalue weighted by atomic mass is 9.98. The van der Waals surface area contributed by atoms with Crippen LogP contribution in [0.5, 0.6) is 5.75 Å². The number of aromatic nitrogens is 2. The largest absolute Gasteiger partial charge is 0.490 e. The number of carbonyl (C=O) groups excluding carboxylic acids is 2. The van der Waals surface area contributed by atoms with Crippen LogP contribution >= 0.6 is 11.6 Å². The van der Waals surface area contributed by atoms with Gasteiger partial charge in [0.15, 0.2) is 0 Å². The Morgan fingerprint density at radius 2 is 1.89 bits per heavy atom. The van der Waals surface area contributed by atoms with Crippen molar-refractivity contribution in [3.05, 3.63) is 59.2 Å². The van der Waals surface area contributed by atoms with E-state index in [1.807, 2.05) is 30.9 Å². The first-order chi connectivity index (χ1) is 18.4. The molecule has 0 bridgehead atoms. The zero-order chi connectivity index (χ0) is 28.1. The molecule has 1 saturated carbocycles. The first-order valence-corrected chi connectivity index (χ1v) is 13.0. The van der Waals surface area contributed by atoms with Gasteiger partial charge < -0.3 is 29.3 Å². The molecule has 1 aliphatic rings. The molecule has 8 heteroatoms. The van der Waals surface area contributed by atoms with E-state index in [0.717, 1.165) is 57.6 Å². The number of pyridine rings is 1. The van der Waals surface area contributed by atoms with Gasteiger partial charge in [-0.3, -0.25) is 0 Å². The van der Waals surface area contributed by atoms with Crippen LogP contribution in [0.25, 0.3) is 33.1 Å². The number of nitrogens with one attached hydrogen (secondary N) is 1. The van der Waals surface area contributed by atoms with Crippen molar-refractivity contribution < 1.29 is 19.4 Å². The molecule has 0 radical (unpaired) electrons. The summed E-state index contributed by atoms with van der Waals surface area (Å²) in [5, 5.41) is 11.7. The maximum absolute atomic E-state index is 9.05. The Morgan fingerprint density at radius 3 is 2.50 bits per heavy atom. The molecule has 204 valence electrons. The van der Waals surface area contributed by atoms with Crippen LogP contribution in [0.1, 0.15) is 32.3 Å². The summed E-state index contributed by atoms with van der Waals surface area (Å²) >= 11 is 6.25. The van der Waals surface area contributed by atoms with Crippen LogP contribution in [-0.4, -0.2) is 66.4 Å². The number of hydrogen-bond acceptors (Lipinski definition) is 6. The third-order valence-electron chi connectivity index (χ3n) is 5.94. The second-order valence-electron chi connectivity index (χ2n) is 9.20. The number of nitrogens with zero attached hydrogens (tertiary/aromatic N) is 2. The average Bonchev–Trinajstić information content (AvgIpc) is 3.60. The first kappa shape index (κ1) is 31.0. The molecular formula is C30H38ClN3O4.